The summed E-state index contributed by atoms with van der Waals surface area (Å²) < 4.78 is 0. The Morgan fingerprint density at radius 2 is 0.629 bits per heavy atom. The summed E-state index contributed by atoms with van der Waals surface area (Å²) in [6, 6.07) is 0. The molecule has 1 heteroatoms. The van der Waals surface area contributed by atoms with E-state index >= 15 is 0 Å². The molecular formula is C34H65N. The van der Waals surface area contributed by atoms with Gasteiger partial charge in [-0.15, -0.1) is 0 Å². The highest BCUT2D eigenvalue weighted by molar-refractivity contribution is 5.25. The van der Waals surface area contributed by atoms with Crippen LogP contribution in [-0.4, -0.2) is 13.1 Å². The smallest absolute Gasteiger partial charge is 0.00989 e. The lowest BCUT2D eigenvalue weighted by atomic mass is 10.1. The van der Waals surface area contributed by atoms with Crippen molar-refractivity contribution in [3.05, 3.63) is 0 Å². The van der Waals surface area contributed by atoms with Crippen molar-refractivity contribution in [2.24, 2.45) is 0 Å². The van der Waals surface area contributed by atoms with Crippen LogP contribution in [0, 0.1) is 23.7 Å². The Morgan fingerprint density at radius 3 is 0.971 bits per heavy atom. The maximum absolute atomic E-state index is 3.50. The molecule has 1 nitrogen and oxygen atoms in total. The molecule has 0 spiro atoms. The second-order valence-electron chi connectivity index (χ2n) is 10.2. The summed E-state index contributed by atoms with van der Waals surface area (Å²) in [6.07, 6.45) is 32.1. The molecule has 0 radical (unpaired) electrons. The Hall–Kier alpha value is -0.920. The van der Waals surface area contributed by atoms with Crippen LogP contribution in [0.15, 0.2) is 0 Å². The predicted molar refractivity (Wildman–Crippen MR) is 162 cm³/mol. The lowest BCUT2D eigenvalue weighted by molar-refractivity contribution is 0.564. The van der Waals surface area contributed by atoms with Gasteiger partial charge in [-0.05, 0) is 50.6 Å². The summed E-state index contributed by atoms with van der Waals surface area (Å²) in [5.74, 6) is 12.4. The topological polar surface area (TPSA) is 12.0 Å². The summed E-state index contributed by atoms with van der Waals surface area (Å²) in [5, 5.41) is 3.50. The normalized spacial score (nSPS) is 10.1. The monoisotopic (exact) mass is 488 g/mol. The van der Waals surface area contributed by atoms with Gasteiger partial charge < -0.3 is 5.32 Å². The van der Waals surface area contributed by atoms with E-state index in [-0.39, 0.29) is 0 Å². The second kappa shape index (κ2) is 37.6. The predicted octanol–water partition coefficient (Wildman–Crippen LogP) is 11.0. The van der Waals surface area contributed by atoms with Gasteiger partial charge in [0, 0.05) is 12.8 Å². The molecule has 0 saturated carbocycles. The SMILES string of the molecule is CCCCCCCCCC#CC#CCCCCCCCCC.CCCCCCNCCCCCC. The highest BCUT2D eigenvalue weighted by Gasteiger charge is 1.91. The van der Waals surface area contributed by atoms with E-state index in [0.29, 0.717) is 0 Å². The number of nitrogens with one attached hydrogen (secondary N) is 1. The number of hydrogen-bond donors (Lipinski definition) is 1. The standard InChI is InChI=1S/C22H38.C12H27N/c1-3-5-7-9-11-13-15-17-19-21-22-20-18-16-14-12-10-8-6-4-2;1-3-5-7-9-11-13-12-10-8-6-4-2/h3-18H2,1-2H3;13H,3-12H2,1-2H3. The van der Waals surface area contributed by atoms with Gasteiger partial charge in [-0.3, -0.25) is 0 Å². The van der Waals surface area contributed by atoms with E-state index in [0.717, 1.165) is 12.8 Å². The summed E-state index contributed by atoms with van der Waals surface area (Å²) in [7, 11) is 0. The number of hydrogen-bond acceptors (Lipinski definition) is 1. The van der Waals surface area contributed by atoms with Crippen LogP contribution in [0.1, 0.15) is 182 Å². The quantitative estimate of drug-likeness (QED) is 0.105. The first-order valence-electron chi connectivity index (χ1n) is 16.0. The molecule has 0 fully saturated rings. The summed E-state index contributed by atoms with van der Waals surface area (Å²) in [4.78, 5) is 0. The highest BCUT2D eigenvalue weighted by atomic mass is 14.8. The molecule has 0 aromatic carbocycles. The van der Waals surface area contributed by atoms with Crippen LogP contribution in [0.5, 0.6) is 0 Å². The molecule has 35 heavy (non-hydrogen) atoms. The molecule has 0 aliphatic heterocycles. The minimum absolute atomic E-state index is 1.03. The molecule has 0 rings (SSSR count). The van der Waals surface area contributed by atoms with Crippen molar-refractivity contribution in [3.8, 4) is 23.7 Å². The molecule has 0 atom stereocenters. The largest absolute Gasteiger partial charge is 0.317 e. The minimum Gasteiger partial charge on any atom is -0.317 e. The molecule has 0 aliphatic carbocycles. The Bertz CT molecular complexity index is 428. The third-order valence-corrected chi connectivity index (χ3v) is 6.46. The maximum Gasteiger partial charge on any atom is 0.00989 e. The van der Waals surface area contributed by atoms with Gasteiger partial charge in [-0.2, -0.15) is 0 Å². The molecule has 0 bridgehead atoms. The van der Waals surface area contributed by atoms with Crippen molar-refractivity contribution in [2.45, 2.75) is 182 Å². The average molecular weight is 488 g/mol. The molecule has 206 valence electrons. The molecule has 0 amide bonds. The van der Waals surface area contributed by atoms with Crippen LogP contribution in [0.2, 0.25) is 0 Å². The third kappa shape index (κ3) is 40.5. The third-order valence-electron chi connectivity index (χ3n) is 6.46. The van der Waals surface area contributed by atoms with Crippen LogP contribution < -0.4 is 5.32 Å². The van der Waals surface area contributed by atoms with Crippen molar-refractivity contribution in [1.82, 2.24) is 5.32 Å². The Labute approximate surface area is 223 Å². The molecule has 0 aromatic rings. The molecule has 0 aliphatic rings. The summed E-state index contributed by atoms with van der Waals surface area (Å²) in [6.45, 7) is 11.5. The molecule has 1 N–H and O–H groups in total. The number of rotatable bonds is 24. The highest BCUT2D eigenvalue weighted by Crippen LogP contribution is 2.08. The average Bonchev–Trinajstić information content (AvgIpc) is 2.87. The molecule has 0 heterocycles. The first kappa shape index (κ1) is 36.2. The van der Waals surface area contributed by atoms with Crippen molar-refractivity contribution in [3.63, 3.8) is 0 Å². The Morgan fingerprint density at radius 1 is 0.343 bits per heavy atom. The Kier molecular flexibility index (Phi) is 39.0. The molecular weight excluding hydrogens is 422 g/mol. The van der Waals surface area contributed by atoms with E-state index in [9.17, 15) is 0 Å². The van der Waals surface area contributed by atoms with Gasteiger partial charge in [0.15, 0.2) is 0 Å². The van der Waals surface area contributed by atoms with E-state index in [2.05, 4.69) is 56.7 Å². The fraction of sp³-hybridized carbons (Fsp3) is 0.882. The molecule has 0 unspecified atom stereocenters. The van der Waals surface area contributed by atoms with E-state index in [4.69, 9.17) is 0 Å². The van der Waals surface area contributed by atoms with Crippen molar-refractivity contribution in [1.29, 1.82) is 0 Å². The van der Waals surface area contributed by atoms with Gasteiger partial charge >= 0.3 is 0 Å². The van der Waals surface area contributed by atoms with Crippen molar-refractivity contribution >= 4 is 0 Å². The zero-order valence-corrected chi connectivity index (χ0v) is 24.9. The lowest BCUT2D eigenvalue weighted by Crippen LogP contribution is -2.16. The van der Waals surface area contributed by atoms with E-state index in [1.54, 1.807) is 0 Å². The Balaban J connectivity index is 0. The van der Waals surface area contributed by atoms with Gasteiger partial charge in [0.05, 0.1) is 0 Å². The second-order valence-corrected chi connectivity index (χ2v) is 10.2. The van der Waals surface area contributed by atoms with E-state index in [1.165, 1.54) is 154 Å². The zero-order valence-electron chi connectivity index (χ0n) is 24.9. The van der Waals surface area contributed by atoms with Crippen LogP contribution >= 0.6 is 0 Å². The van der Waals surface area contributed by atoms with Crippen LogP contribution in [-0.2, 0) is 0 Å². The first-order valence-corrected chi connectivity index (χ1v) is 16.0. The van der Waals surface area contributed by atoms with Gasteiger partial charge in [0.1, 0.15) is 0 Å². The van der Waals surface area contributed by atoms with Gasteiger partial charge in [-0.25, -0.2) is 0 Å². The van der Waals surface area contributed by atoms with Crippen LogP contribution in [0.4, 0.5) is 0 Å². The maximum atomic E-state index is 3.50. The first-order chi connectivity index (χ1) is 17.3. The van der Waals surface area contributed by atoms with Crippen molar-refractivity contribution < 1.29 is 0 Å². The van der Waals surface area contributed by atoms with Gasteiger partial charge in [-0.1, -0.05) is 155 Å². The van der Waals surface area contributed by atoms with Gasteiger partial charge in [0.25, 0.3) is 0 Å². The fourth-order valence-electron chi connectivity index (χ4n) is 4.03. The minimum atomic E-state index is 1.03. The lowest BCUT2D eigenvalue weighted by Gasteiger charge is -2.03. The van der Waals surface area contributed by atoms with E-state index < -0.39 is 0 Å². The molecule has 0 aromatic heterocycles. The van der Waals surface area contributed by atoms with Crippen molar-refractivity contribution in [2.75, 3.05) is 13.1 Å². The van der Waals surface area contributed by atoms with Crippen LogP contribution in [0.3, 0.4) is 0 Å². The molecule has 0 saturated heterocycles. The van der Waals surface area contributed by atoms with Crippen LogP contribution in [0.25, 0.3) is 0 Å². The summed E-state index contributed by atoms with van der Waals surface area (Å²) >= 11 is 0. The fourth-order valence-corrected chi connectivity index (χ4v) is 4.03. The van der Waals surface area contributed by atoms with E-state index in [1.807, 2.05) is 0 Å². The zero-order chi connectivity index (χ0) is 25.9. The number of unbranched alkanes of at least 4 members (excludes halogenated alkanes) is 20. The summed E-state index contributed by atoms with van der Waals surface area (Å²) in [5.41, 5.74) is 0. The van der Waals surface area contributed by atoms with Gasteiger partial charge in [0.2, 0.25) is 0 Å².